The fraction of sp³-hybridized carbons (Fsp3) is 0.600. The zero-order chi connectivity index (χ0) is 29.3. The quantitative estimate of drug-likeness (QED) is 0.118. The molecule has 0 N–H and O–H groups in total. The molecule has 11 heteroatoms. The van der Waals surface area contributed by atoms with Gasteiger partial charge in [-0.05, 0) is 61.1 Å². The van der Waals surface area contributed by atoms with Crippen LogP contribution < -0.4 is 18.9 Å². The number of hydrogen-bond donors (Lipinski definition) is 0. The molecule has 0 aliphatic carbocycles. The first-order valence-corrected chi connectivity index (χ1v) is 15.7. The van der Waals surface area contributed by atoms with E-state index in [-0.39, 0.29) is 38.6 Å². The Morgan fingerprint density at radius 1 is 0.585 bits per heavy atom. The summed E-state index contributed by atoms with van der Waals surface area (Å²) in [4.78, 5) is 0. The molecule has 0 fully saturated rings. The Morgan fingerprint density at radius 3 is 1.39 bits per heavy atom. The maximum absolute atomic E-state index is 13.4. The van der Waals surface area contributed by atoms with Gasteiger partial charge in [-0.15, -0.1) is 0 Å². The second-order valence-corrected chi connectivity index (χ2v) is 13.3. The van der Waals surface area contributed by atoms with Gasteiger partial charge in [0.05, 0.1) is 12.2 Å². The third-order valence-corrected chi connectivity index (χ3v) is 7.97. The zero-order valence-electron chi connectivity index (χ0n) is 22.8. The first kappa shape index (κ1) is 32.5. The Balaban J connectivity index is 1.44. The fourth-order valence-electron chi connectivity index (χ4n) is 5.07. The van der Waals surface area contributed by atoms with Crippen LogP contribution in [0.4, 0.5) is 8.78 Å². The second-order valence-electron chi connectivity index (χ2n) is 10.5. The van der Waals surface area contributed by atoms with Crippen molar-refractivity contribution in [2.45, 2.75) is 98.4 Å². The lowest BCUT2D eigenvalue weighted by atomic mass is 9.98. The van der Waals surface area contributed by atoms with Crippen LogP contribution in [0.15, 0.2) is 36.4 Å². The maximum Gasteiger partial charge on any atom is 0.257 e. The Labute approximate surface area is 260 Å². The summed E-state index contributed by atoms with van der Waals surface area (Å²) in [5.41, 5.74) is 1.99. The Bertz CT molecular complexity index is 1020. The Kier molecular flexibility index (Phi) is 12.2. The molecular formula is C30H36Cl4F2O5. The van der Waals surface area contributed by atoms with Crippen molar-refractivity contribution in [2.24, 2.45) is 0 Å². The third-order valence-electron chi connectivity index (χ3n) is 7.22. The molecule has 2 heterocycles. The van der Waals surface area contributed by atoms with Gasteiger partial charge in [0, 0.05) is 12.8 Å². The standard InChI is InChI=1S/C30H36Cl4F2O5/c31-29(32,35)15-7-3-1-5-9-23(21-11-13-25-27(17-21)39-19-37-25)41-24(10-6-2-4-8-16-30(33,34)36)22-12-14-26-28(18-22)40-20-38-26/h11-14,17-18,23-24H,1-10,15-16,19-20H2. The van der Waals surface area contributed by atoms with Crippen LogP contribution in [0.5, 0.6) is 23.0 Å². The molecule has 41 heavy (non-hydrogen) atoms. The smallest absolute Gasteiger partial charge is 0.257 e. The number of halogens is 6. The van der Waals surface area contributed by atoms with Gasteiger partial charge in [0.2, 0.25) is 13.6 Å². The van der Waals surface area contributed by atoms with E-state index in [2.05, 4.69) is 0 Å². The Hall–Kier alpha value is -1.38. The summed E-state index contributed by atoms with van der Waals surface area (Å²) in [6, 6.07) is 11.8. The van der Waals surface area contributed by atoms with E-state index in [1.165, 1.54) is 0 Å². The highest BCUT2D eigenvalue weighted by Crippen LogP contribution is 2.42. The van der Waals surface area contributed by atoms with Crippen LogP contribution in [0.25, 0.3) is 0 Å². The van der Waals surface area contributed by atoms with Gasteiger partial charge in [-0.3, -0.25) is 0 Å². The number of unbranched alkanes of at least 4 members (excludes halogenated alkanes) is 6. The summed E-state index contributed by atoms with van der Waals surface area (Å²) in [5.74, 6) is 2.81. The molecule has 2 aromatic rings. The largest absolute Gasteiger partial charge is 0.454 e. The van der Waals surface area contributed by atoms with E-state index < -0.39 is 9.17 Å². The zero-order valence-corrected chi connectivity index (χ0v) is 25.9. The van der Waals surface area contributed by atoms with Crippen molar-refractivity contribution in [3.05, 3.63) is 47.5 Å². The van der Waals surface area contributed by atoms with Crippen molar-refractivity contribution in [3.63, 3.8) is 0 Å². The highest BCUT2D eigenvalue weighted by molar-refractivity contribution is 6.47. The maximum atomic E-state index is 13.4. The molecule has 0 aromatic heterocycles. The predicted molar refractivity (Wildman–Crippen MR) is 158 cm³/mol. The first-order chi connectivity index (χ1) is 19.6. The van der Waals surface area contributed by atoms with Crippen LogP contribution in [0.1, 0.15) is 100 Å². The van der Waals surface area contributed by atoms with Crippen molar-refractivity contribution in [1.82, 2.24) is 0 Å². The van der Waals surface area contributed by atoms with E-state index in [9.17, 15) is 8.78 Å². The normalized spacial score (nSPS) is 15.8. The lowest BCUT2D eigenvalue weighted by Gasteiger charge is -2.26. The van der Waals surface area contributed by atoms with Crippen LogP contribution in [-0.2, 0) is 4.74 Å². The van der Waals surface area contributed by atoms with E-state index in [0.29, 0.717) is 35.8 Å². The van der Waals surface area contributed by atoms with Gasteiger partial charge in [-0.2, -0.15) is 0 Å². The molecular weight excluding hydrogens is 620 g/mol. The van der Waals surface area contributed by atoms with Gasteiger partial charge in [-0.1, -0.05) is 97.1 Å². The average molecular weight is 656 g/mol. The van der Waals surface area contributed by atoms with Crippen LogP contribution in [0.3, 0.4) is 0 Å². The van der Waals surface area contributed by atoms with E-state index in [1.807, 2.05) is 36.4 Å². The van der Waals surface area contributed by atoms with Crippen LogP contribution in [0.2, 0.25) is 0 Å². The minimum atomic E-state index is -2.18. The summed E-state index contributed by atoms with van der Waals surface area (Å²) in [6.45, 7) is 0.386. The summed E-state index contributed by atoms with van der Waals surface area (Å²) in [7, 11) is 0. The van der Waals surface area contributed by atoms with E-state index in [0.717, 1.165) is 62.5 Å². The lowest BCUT2D eigenvalue weighted by Crippen LogP contribution is -2.12. The molecule has 5 nitrogen and oxygen atoms in total. The summed E-state index contributed by atoms with van der Waals surface area (Å²) >= 11 is 21.9. The molecule has 4 rings (SSSR count). The lowest BCUT2D eigenvalue weighted by molar-refractivity contribution is -0.0265. The number of fused-ring (bicyclic) bond motifs is 2. The van der Waals surface area contributed by atoms with Crippen LogP contribution in [-0.4, -0.2) is 22.8 Å². The molecule has 2 aliphatic rings. The molecule has 0 bridgehead atoms. The minimum absolute atomic E-state index is 0.104. The predicted octanol–water partition coefficient (Wildman–Crippen LogP) is 10.8. The van der Waals surface area contributed by atoms with Crippen LogP contribution >= 0.6 is 46.4 Å². The molecule has 0 spiro atoms. The SMILES string of the molecule is FC(Cl)(Cl)CCCCCCC(OC(CCCCCCC(F)(Cl)Cl)c1ccc2c(c1)OCO2)c1ccc2c(c1)OCO2. The topological polar surface area (TPSA) is 46.2 Å². The molecule has 0 saturated carbocycles. The molecule has 0 saturated heterocycles. The number of benzene rings is 2. The molecule has 2 aromatic carbocycles. The van der Waals surface area contributed by atoms with Crippen molar-refractivity contribution in [3.8, 4) is 23.0 Å². The van der Waals surface area contributed by atoms with Crippen molar-refractivity contribution in [2.75, 3.05) is 13.6 Å². The molecule has 0 amide bonds. The highest BCUT2D eigenvalue weighted by atomic mass is 35.5. The van der Waals surface area contributed by atoms with E-state index in [4.69, 9.17) is 70.1 Å². The van der Waals surface area contributed by atoms with Crippen molar-refractivity contribution < 1.29 is 32.5 Å². The summed E-state index contributed by atoms with van der Waals surface area (Å²) in [5, 5.41) is 0. The third kappa shape index (κ3) is 11.0. The van der Waals surface area contributed by atoms with E-state index in [1.54, 1.807) is 0 Å². The Morgan fingerprint density at radius 2 is 0.976 bits per heavy atom. The first-order valence-electron chi connectivity index (χ1n) is 14.2. The summed E-state index contributed by atoms with van der Waals surface area (Å²) in [6.07, 6.45) is 7.65. The van der Waals surface area contributed by atoms with E-state index >= 15 is 0 Å². The number of ether oxygens (including phenoxy) is 5. The second kappa shape index (κ2) is 15.4. The fourth-order valence-corrected chi connectivity index (χ4v) is 5.60. The van der Waals surface area contributed by atoms with Gasteiger partial charge in [0.25, 0.3) is 9.17 Å². The van der Waals surface area contributed by atoms with Gasteiger partial charge < -0.3 is 23.7 Å². The van der Waals surface area contributed by atoms with Crippen molar-refractivity contribution in [1.29, 1.82) is 0 Å². The number of alkyl halides is 6. The average Bonchev–Trinajstić information content (AvgIpc) is 3.58. The number of rotatable bonds is 18. The van der Waals surface area contributed by atoms with Gasteiger partial charge in [0.1, 0.15) is 0 Å². The molecule has 2 aliphatic heterocycles. The highest BCUT2D eigenvalue weighted by Gasteiger charge is 2.26. The van der Waals surface area contributed by atoms with Gasteiger partial charge >= 0.3 is 0 Å². The molecule has 0 radical (unpaired) electrons. The molecule has 2 atom stereocenters. The van der Waals surface area contributed by atoms with Crippen molar-refractivity contribution >= 4 is 46.4 Å². The summed E-state index contributed by atoms with van der Waals surface area (Å²) < 4.78 is 51.6. The molecule has 2 unspecified atom stereocenters. The van der Waals surface area contributed by atoms with Gasteiger partial charge in [0.15, 0.2) is 23.0 Å². The van der Waals surface area contributed by atoms with Gasteiger partial charge in [-0.25, -0.2) is 8.78 Å². The number of hydrogen-bond acceptors (Lipinski definition) is 5. The molecule has 228 valence electrons. The monoisotopic (exact) mass is 654 g/mol. The van der Waals surface area contributed by atoms with Crippen LogP contribution in [0, 0.1) is 0 Å². The minimum Gasteiger partial charge on any atom is -0.454 e.